The summed E-state index contributed by atoms with van der Waals surface area (Å²) >= 11 is 17.7. The number of carbonyl (C=O) groups excluding carboxylic acids is 1. The molecule has 2 rings (SSSR count). The maximum Gasteiger partial charge on any atom is 0.226 e. The van der Waals surface area contributed by atoms with Crippen molar-refractivity contribution in [1.82, 2.24) is 9.78 Å². The number of anilines is 2. The smallest absolute Gasteiger partial charge is 0.226 e. The monoisotopic (exact) mass is 346 g/mol. The average molecular weight is 348 g/mol. The third-order valence-corrected chi connectivity index (χ3v) is 3.83. The van der Waals surface area contributed by atoms with Crippen LogP contribution in [0.3, 0.4) is 0 Å². The van der Waals surface area contributed by atoms with Gasteiger partial charge in [-0.15, -0.1) is 0 Å². The molecule has 1 heterocycles. The highest BCUT2D eigenvalue weighted by molar-refractivity contribution is 6.37. The first kappa shape index (κ1) is 15.9. The molecule has 0 spiro atoms. The van der Waals surface area contributed by atoms with Gasteiger partial charge < -0.3 is 11.1 Å². The number of halogens is 3. The van der Waals surface area contributed by atoms with Gasteiger partial charge in [0.25, 0.3) is 0 Å². The molecule has 0 aliphatic carbocycles. The summed E-state index contributed by atoms with van der Waals surface area (Å²) in [6, 6.07) is 3.05. The number of nitrogen functional groups attached to an aromatic ring is 1. The topological polar surface area (TPSA) is 72.9 Å². The van der Waals surface area contributed by atoms with Gasteiger partial charge in [-0.2, -0.15) is 5.10 Å². The Balaban J connectivity index is 2.01. The van der Waals surface area contributed by atoms with E-state index in [9.17, 15) is 4.79 Å². The van der Waals surface area contributed by atoms with Crippen molar-refractivity contribution in [2.45, 2.75) is 19.9 Å². The summed E-state index contributed by atoms with van der Waals surface area (Å²) in [5.74, 6) is -0.225. The normalized spacial score (nSPS) is 10.7. The Labute approximate surface area is 137 Å². The Bertz CT molecular complexity index is 661. The van der Waals surface area contributed by atoms with E-state index in [-0.39, 0.29) is 12.3 Å². The Morgan fingerprint density at radius 3 is 2.62 bits per heavy atom. The van der Waals surface area contributed by atoms with Crippen LogP contribution in [-0.4, -0.2) is 15.7 Å². The Morgan fingerprint density at radius 2 is 2.05 bits per heavy atom. The van der Waals surface area contributed by atoms with Gasteiger partial charge in [0, 0.05) is 11.4 Å². The fraction of sp³-hybridized carbons (Fsp3) is 0.231. The molecule has 0 saturated carbocycles. The maximum absolute atomic E-state index is 12.0. The number of nitrogens with zero attached hydrogens (tertiary/aromatic N) is 2. The molecule has 0 radical (unpaired) electrons. The van der Waals surface area contributed by atoms with Crippen LogP contribution in [0.5, 0.6) is 0 Å². The zero-order valence-corrected chi connectivity index (χ0v) is 13.4. The quantitative estimate of drug-likeness (QED) is 0.827. The fourth-order valence-corrected chi connectivity index (χ4v) is 2.48. The van der Waals surface area contributed by atoms with Crippen LogP contribution in [0, 0.1) is 6.92 Å². The lowest BCUT2D eigenvalue weighted by Crippen LogP contribution is -2.16. The molecule has 112 valence electrons. The molecule has 0 saturated heterocycles. The summed E-state index contributed by atoms with van der Waals surface area (Å²) in [5.41, 5.74) is 7.28. The highest BCUT2D eigenvalue weighted by Gasteiger charge is 2.12. The molecule has 0 atom stereocenters. The first-order valence-electron chi connectivity index (χ1n) is 6.10. The molecular weight excluding hydrogens is 335 g/mol. The predicted molar refractivity (Wildman–Crippen MR) is 86.1 cm³/mol. The lowest BCUT2D eigenvalue weighted by molar-refractivity contribution is -0.116. The SMILES string of the molecule is Cc1c(Cl)cnn1CCC(=O)Nc1c(N)cc(Cl)cc1Cl. The van der Waals surface area contributed by atoms with Crippen LogP contribution >= 0.6 is 34.8 Å². The molecular formula is C13H13Cl3N4O. The van der Waals surface area contributed by atoms with Gasteiger partial charge in [-0.1, -0.05) is 34.8 Å². The van der Waals surface area contributed by atoms with Gasteiger partial charge in [-0.25, -0.2) is 0 Å². The van der Waals surface area contributed by atoms with Crippen molar-refractivity contribution in [3.05, 3.63) is 39.1 Å². The van der Waals surface area contributed by atoms with Crippen molar-refractivity contribution in [2.75, 3.05) is 11.1 Å². The van der Waals surface area contributed by atoms with Crippen LogP contribution in [-0.2, 0) is 11.3 Å². The molecule has 0 aliphatic rings. The van der Waals surface area contributed by atoms with E-state index in [0.717, 1.165) is 5.69 Å². The first-order chi connectivity index (χ1) is 9.88. The fourth-order valence-electron chi connectivity index (χ4n) is 1.78. The summed E-state index contributed by atoms with van der Waals surface area (Å²) in [6.45, 7) is 2.25. The molecule has 0 unspecified atom stereocenters. The van der Waals surface area contributed by atoms with E-state index in [0.29, 0.717) is 33.0 Å². The molecule has 3 N–H and O–H groups in total. The van der Waals surface area contributed by atoms with Crippen molar-refractivity contribution >= 4 is 52.1 Å². The van der Waals surface area contributed by atoms with Crippen molar-refractivity contribution < 1.29 is 4.79 Å². The zero-order chi connectivity index (χ0) is 15.6. The lowest BCUT2D eigenvalue weighted by atomic mass is 10.2. The number of nitrogens with two attached hydrogens (primary N) is 1. The van der Waals surface area contributed by atoms with Crippen LogP contribution in [0.1, 0.15) is 12.1 Å². The molecule has 21 heavy (non-hydrogen) atoms. The van der Waals surface area contributed by atoms with Crippen LogP contribution in [0.4, 0.5) is 11.4 Å². The van der Waals surface area contributed by atoms with Crippen molar-refractivity contribution in [3.8, 4) is 0 Å². The van der Waals surface area contributed by atoms with E-state index in [1.807, 2.05) is 6.92 Å². The van der Waals surface area contributed by atoms with Gasteiger partial charge in [0.15, 0.2) is 0 Å². The van der Waals surface area contributed by atoms with Crippen LogP contribution in [0.2, 0.25) is 15.1 Å². The van der Waals surface area contributed by atoms with Gasteiger partial charge in [0.1, 0.15) is 0 Å². The number of aryl methyl sites for hydroxylation is 1. The molecule has 1 aromatic heterocycles. The van der Waals surface area contributed by atoms with Crippen LogP contribution in [0.25, 0.3) is 0 Å². The molecule has 5 nitrogen and oxygen atoms in total. The Morgan fingerprint density at radius 1 is 1.33 bits per heavy atom. The maximum atomic E-state index is 12.0. The number of rotatable bonds is 4. The largest absolute Gasteiger partial charge is 0.397 e. The molecule has 0 aliphatic heterocycles. The summed E-state index contributed by atoms with van der Waals surface area (Å²) in [7, 11) is 0. The number of hydrogen-bond acceptors (Lipinski definition) is 3. The van der Waals surface area contributed by atoms with Crippen LogP contribution in [0.15, 0.2) is 18.3 Å². The second-order valence-corrected chi connectivity index (χ2v) is 5.70. The summed E-state index contributed by atoms with van der Waals surface area (Å²) in [5, 5.41) is 8.03. The van der Waals surface area contributed by atoms with Crippen LogP contribution < -0.4 is 11.1 Å². The minimum Gasteiger partial charge on any atom is -0.397 e. The number of amides is 1. The molecule has 0 bridgehead atoms. The molecule has 0 fully saturated rings. The van der Waals surface area contributed by atoms with E-state index in [4.69, 9.17) is 40.5 Å². The van der Waals surface area contributed by atoms with E-state index in [2.05, 4.69) is 10.4 Å². The lowest BCUT2D eigenvalue weighted by Gasteiger charge is -2.11. The third-order valence-electron chi connectivity index (χ3n) is 2.94. The highest BCUT2D eigenvalue weighted by atomic mass is 35.5. The van der Waals surface area contributed by atoms with Crippen molar-refractivity contribution in [1.29, 1.82) is 0 Å². The average Bonchev–Trinajstić information content (AvgIpc) is 2.72. The number of benzene rings is 1. The van der Waals surface area contributed by atoms with Gasteiger partial charge in [0.2, 0.25) is 5.91 Å². The second-order valence-electron chi connectivity index (χ2n) is 4.45. The zero-order valence-electron chi connectivity index (χ0n) is 11.2. The molecule has 2 aromatic rings. The third kappa shape index (κ3) is 3.81. The van der Waals surface area contributed by atoms with Gasteiger partial charge in [-0.3, -0.25) is 9.48 Å². The van der Waals surface area contributed by atoms with Gasteiger partial charge in [0.05, 0.1) is 39.9 Å². The number of carbonyl (C=O) groups is 1. The highest BCUT2D eigenvalue weighted by Crippen LogP contribution is 2.32. The van der Waals surface area contributed by atoms with Gasteiger partial charge in [-0.05, 0) is 19.1 Å². The Kier molecular flexibility index (Phi) is 4.98. The molecule has 1 amide bonds. The summed E-state index contributed by atoms with van der Waals surface area (Å²) < 4.78 is 1.66. The molecule has 8 heteroatoms. The number of aromatic nitrogens is 2. The number of hydrogen-bond donors (Lipinski definition) is 2. The van der Waals surface area contributed by atoms with Crippen molar-refractivity contribution in [2.24, 2.45) is 0 Å². The van der Waals surface area contributed by atoms with E-state index < -0.39 is 0 Å². The van der Waals surface area contributed by atoms with E-state index in [1.165, 1.54) is 12.1 Å². The summed E-state index contributed by atoms with van der Waals surface area (Å²) in [6.07, 6.45) is 1.76. The first-order valence-corrected chi connectivity index (χ1v) is 7.24. The second kappa shape index (κ2) is 6.56. The predicted octanol–water partition coefficient (Wildman–Crippen LogP) is 3.76. The summed E-state index contributed by atoms with van der Waals surface area (Å²) in [4.78, 5) is 12.0. The minimum atomic E-state index is -0.225. The minimum absolute atomic E-state index is 0.219. The van der Waals surface area contributed by atoms with Crippen molar-refractivity contribution in [3.63, 3.8) is 0 Å². The Hall–Kier alpha value is -1.43. The van der Waals surface area contributed by atoms with Gasteiger partial charge >= 0.3 is 0 Å². The molecule has 1 aromatic carbocycles. The van der Waals surface area contributed by atoms with E-state index >= 15 is 0 Å². The number of nitrogens with one attached hydrogen (secondary N) is 1. The standard InChI is InChI=1S/C13H13Cl3N4O/c1-7-10(16)6-18-20(7)3-2-12(21)19-13-9(15)4-8(14)5-11(13)17/h4-6H,2-3,17H2,1H3,(H,19,21). The van der Waals surface area contributed by atoms with E-state index in [1.54, 1.807) is 10.9 Å².